The summed E-state index contributed by atoms with van der Waals surface area (Å²) in [7, 11) is 1.69. The standard InChI is InChI=1S/C14H18N8O4/c1-16-11-8-12(20-14(19-11)22-3-6(15)2-18-22)21(5-17-8)13-10(25)9(24)7(4-23)26-13/h2-3,5,7,9-10,13,23-25H,4,15H2,1H3,(H,16,19,20)/t7-,9-,10-,13-/m1/s1. The molecule has 4 atom stereocenters. The van der Waals surface area contributed by atoms with Gasteiger partial charge in [-0.05, 0) is 0 Å². The number of nitrogen functional groups attached to an aromatic ring is 1. The van der Waals surface area contributed by atoms with Gasteiger partial charge in [0.05, 0.1) is 31.0 Å². The molecular weight excluding hydrogens is 344 g/mol. The van der Waals surface area contributed by atoms with Gasteiger partial charge >= 0.3 is 0 Å². The highest BCUT2D eigenvalue weighted by Gasteiger charge is 2.44. The Hall–Kier alpha value is -2.80. The number of aliphatic hydroxyl groups is 3. The maximum atomic E-state index is 10.3. The molecule has 4 heterocycles. The molecule has 1 aliphatic rings. The molecule has 0 bridgehead atoms. The van der Waals surface area contributed by atoms with E-state index in [1.165, 1.54) is 21.8 Å². The van der Waals surface area contributed by atoms with E-state index in [1.54, 1.807) is 13.2 Å². The van der Waals surface area contributed by atoms with Crippen molar-refractivity contribution in [1.82, 2.24) is 29.3 Å². The largest absolute Gasteiger partial charge is 0.396 e. The number of nitrogens with two attached hydrogens (primary N) is 1. The zero-order valence-electron chi connectivity index (χ0n) is 13.8. The number of nitrogens with zero attached hydrogens (tertiary/aromatic N) is 6. The highest BCUT2D eigenvalue weighted by molar-refractivity contribution is 5.83. The van der Waals surface area contributed by atoms with Crippen LogP contribution in [0.4, 0.5) is 11.5 Å². The highest BCUT2D eigenvalue weighted by atomic mass is 16.6. The van der Waals surface area contributed by atoms with Crippen LogP contribution in [0.2, 0.25) is 0 Å². The molecule has 0 aliphatic carbocycles. The summed E-state index contributed by atoms with van der Waals surface area (Å²) in [5.74, 6) is 0.691. The molecule has 3 aromatic heterocycles. The number of ether oxygens (including phenoxy) is 1. The molecule has 1 saturated heterocycles. The van der Waals surface area contributed by atoms with E-state index in [0.29, 0.717) is 22.7 Å². The number of aliphatic hydroxyl groups excluding tert-OH is 3. The normalized spacial score (nSPS) is 25.8. The van der Waals surface area contributed by atoms with Crippen molar-refractivity contribution in [2.24, 2.45) is 0 Å². The second-order valence-electron chi connectivity index (χ2n) is 5.89. The predicted molar refractivity (Wildman–Crippen MR) is 89.4 cm³/mol. The second-order valence-corrected chi connectivity index (χ2v) is 5.89. The Bertz CT molecular complexity index is 940. The third kappa shape index (κ3) is 2.47. The van der Waals surface area contributed by atoms with Crippen molar-refractivity contribution in [2.45, 2.75) is 24.5 Å². The minimum Gasteiger partial charge on any atom is -0.396 e. The Labute approximate surface area is 146 Å². The SMILES string of the molecule is CNc1nc(-n2cc(N)cn2)nc2c1ncn2[C@@H]1O[C@H](CO)[C@@H](O)[C@H]1O. The number of aromatic nitrogens is 6. The molecule has 0 unspecified atom stereocenters. The lowest BCUT2D eigenvalue weighted by molar-refractivity contribution is -0.0511. The quantitative estimate of drug-likeness (QED) is 0.358. The zero-order valence-corrected chi connectivity index (χ0v) is 13.8. The fourth-order valence-corrected chi connectivity index (χ4v) is 2.92. The first-order chi connectivity index (χ1) is 12.5. The Morgan fingerprint density at radius 1 is 1.31 bits per heavy atom. The van der Waals surface area contributed by atoms with Crippen molar-refractivity contribution in [3.05, 3.63) is 18.7 Å². The molecule has 4 rings (SSSR count). The monoisotopic (exact) mass is 362 g/mol. The van der Waals surface area contributed by atoms with Gasteiger partial charge in [0.1, 0.15) is 18.3 Å². The molecule has 0 saturated carbocycles. The van der Waals surface area contributed by atoms with Gasteiger partial charge in [-0.1, -0.05) is 0 Å². The average molecular weight is 362 g/mol. The van der Waals surface area contributed by atoms with E-state index in [1.807, 2.05) is 0 Å². The molecule has 12 nitrogen and oxygen atoms in total. The number of fused-ring (bicyclic) bond motifs is 1. The number of nitrogens with one attached hydrogen (secondary N) is 1. The van der Waals surface area contributed by atoms with Crippen LogP contribution in [-0.4, -0.2) is 76.6 Å². The third-order valence-electron chi connectivity index (χ3n) is 4.25. The minimum atomic E-state index is -1.25. The van der Waals surface area contributed by atoms with Crippen molar-refractivity contribution in [2.75, 3.05) is 24.7 Å². The number of hydrogen-bond acceptors (Lipinski definition) is 10. The second kappa shape index (κ2) is 6.17. The van der Waals surface area contributed by atoms with E-state index in [4.69, 9.17) is 10.5 Å². The Morgan fingerprint density at radius 3 is 2.73 bits per heavy atom. The first-order valence-electron chi connectivity index (χ1n) is 7.88. The van der Waals surface area contributed by atoms with Gasteiger partial charge in [-0.2, -0.15) is 15.1 Å². The van der Waals surface area contributed by atoms with Crippen molar-refractivity contribution in [3.8, 4) is 5.95 Å². The van der Waals surface area contributed by atoms with Gasteiger partial charge in [0.15, 0.2) is 23.2 Å². The van der Waals surface area contributed by atoms with E-state index in [-0.39, 0.29) is 5.95 Å². The topological polar surface area (TPSA) is 169 Å². The van der Waals surface area contributed by atoms with Crippen LogP contribution in [0.3, 0.4) is 0 Å². The molecule has 3 aromatic rings. The molecular formula is C14H18N8O4. The predicted octanol–water partition coefficient (Wildman–Crippen LogP) is -1.75. The molecule has 26 heavy (non-hydrogen) atoms. The number of rotatable bonds is 4. The molecule has 0 spiro atoms. The van der Waals surface area contributed by atoms with Gasteiger partial charge in [0.2, 0.25) is 0 Å². The summed E-state index contributed by atoms with van der Waals surface area (Å²) in [5.41, 5.74) is 6.97. The number of anilines is 2. The van der Waals surface area contributed by atoms with Gasteiger partial charge in [0, 0.05) is 7.05 Å². The zero-order chi connectivity index (χ0) is 18.4. The molecule has 0 aromatic carbocycles. The van der Waals surface area contributed by atoms with Crippen LogP contribution < -0.4 is 11.1 Å². The average Bonchev–Trinajstić information content (AvgIpc) is 3.33. The van der Waals surface area contributed by atoms with Crippen LogP contribution in [0.1, 0.15) is 6.23 Å². The summed E-state index contributed by atoms with van der Waals surface area (Å²) in [4.78, 5) is 13.1. The fourth-order valence-electron chi connectivity index (χ4n) is 2.92. The molecule has 0 amide bonds. The Kier molecular flexibility index (Phi) is 3.96. The van der Waals surface area contributed by atoms with Gasteiger partial charge in [-0.25, -0.2) is 9.67 Å². The lowest BCUT2D eigenvalue weighted by atomic mass is 10.1. The molecule has 12 heteroatoms. The van der Waals surface area contributed by atoms with Crippen LogP contribution in [0, 0.1) is 0 Å². The van der Waals surface area contributed by atoms with Crippen LogP contribution in [0.5, 0.6) is 0 Å². The summed E-state index contributed by atoms with van der Waals surface area (Å²) in [6, 6.07) is 0. The van der Waals surface area contributed by atoms with E-state index in [2.05, 4.69) is 25.4 Å². The maximum Gasteiger partial charge on any atom is 0.254 e. The molecule has 1 aliphatic heterocycles. The van der Waals surface area contributed by atoms with Gasteiger partial charge in [-0.3, -0.25) is 4.57 Å². The van der Waals surface area contributed by atoms with Crippen molar-refractivity contribution in [1.29, 1.82) is 0 Å². The Morgan fingerprint density at radius 2 is 2.12 bits per heavy atom. The third-order valence-corrected chi connectivity index (χ3v) is 4.25. The number of hydrogen-bond donors (Lipinski definition) is 5. The maximum absolute atomic E-state index is 10.3. The molecule has 1 fully saturated rings. The van der Waals surface area contributed by atoms with E-state index < -0.39 is 31.1 Å². The lowest BCUT2D eigenvalue weighted by Gasteiger charge is -2.16. The van der Waals surface area contributed by atoms with E-state index in [0.717, 1.165) is 0 Å². The van der Waals surface area contributed by atoms with Crippen LogP contribution in [0.25, 0.3) is 17.1 Å². The van der Waals surface area contributed by atoms with E-state index in [9.17, 15) is 15.3 Å². The summed E-state index contributed by atoms with van der Waals surface area (Å²) >= 11 is 0. The van der Waals surface area contributed by atoms with Crippen molar-refractivity contribution < 1.29 is 20.1 Å². The smallest absolute Gasteiger partial charge is 0.254 e. The summed E-state index contributed by atoms with van der Waals surface area (Å²) in [6.07, 6.45) is 0.136. The first kappa shape index (κ1) is 16.7. The summed E-state index contributed by atoms with van der Waals surface area (Å²) in [6.45, 7) is -0.421. The van der Waals surface area contributed by atoms with Gasteiger partial charge in [-0.15, -0.1) is 0 Å². The summed E-state index contributed by atoms with van der Waals surface area (Å²) < 4.78 is 8.45. The van der Waals surface area contributed by atoms with Crippen LogP contribution in [-0.2, 0) is 4.74 Å². The number of imidazole rings is 1. The lowest BCUT2D eigenvalue weighted by Crippen LogP contribution is -2.33. The van der Waals surface area contributed by atoms with Crippen molar-refractivity contribution in [3.63, 3.8) is 0 Å². The highest BCUT2D eigenvalue weighted by Crippen LogP contribution is 2.32. The molecule has 138 valence electrons. The van der Waals surface area contributed by atoms with Gasteiger partial charge < -0.3 is 31.1 Å². The molecule has 6 N–H and O–H groups in total. The van der Waals surface area contributed by atoms with Gasteiger partial charge in [0.25, 0.3) is 5.95 Å². The molecule has 0 radical (unpaired) electrons. The minimum absolute atomic E-state index is 0.243. The van der Waals surface area contributed by atoms with E-state index >= 15 is 0 Å². The van der Waals surface area contributed by atoms with Crippen molar-refractivity contribution >= 4 is 22.7 Å². The van der Waals surface area contributed by atoms with Crippen LogP contribution in [0.15, 0.2) is 18.7 Å². The summed E-state index contributed by atoms with van der Waals surface area (Å²) in [5, 5.41) is 36.6. The Balaban J connectivity index is 1.84. The fraction of sp³-hybridized carbons (Fsp3) is 0.429. The van der Waals surface area contributed by atoms with Crippen LogP contribution >= 0.6 is 0 Å². The first-order valence-corrected chi connectivity index (χ1v) is 7.88.